The van der Waals surface area contributed by atoms with Crippen molar-refractivity contribution in [2.75, 3.05) is 32.8 Å². The highest BCUT2D eigenvalue weighted by Gasteiger charge is 2.28. The van der Waals surface area contributed by atoms with Crippen LogP contribution in [0.3, 0.4) is 0 Å². The minimum atomic E-state index is -0.458. The molecular formula is C27H36ClN3O3. The van der Waals surface area contributed by atoms with Crippen LogP contribution in [0.25, 0.3) is 0 Å². The first-order chi connectivity index (χ1) is 16.5. The van der Waals surface area contributed by atoms with Gasteiger partial charge in [0, 0.05) is 25.7 Å². The predicted molar refractivity (Wildman–Crippen MR) is 136 cm³/mol. The number of nitrogens with one attached hydrogen (secondary N) is 2. The lowest BCUT2D eigenvalue weighted by atomic mass is 9.92. The topological polar surface area (TPSA) is 70.7 Å². The molecule has 0 aromatic heterocycles. The number of nitrogens with zero attached hydrogens (tertiary/aromatic N) is 1. The van der Waals surface area contributed by atoms with Crippen LogP contribution in [0.5, 0.6) is 0 Å². The van der Waals surface area contributed by atoms with Gasteiger partial charge in [0.15, 0.2) is 0 Å². The molecule has 1 aliphatic rings. The van der Waals surface area contributed by atoms with Gasteiger partial charge in [0.05, 0.1) is 36.3 Å². The minimum Gasteiger partial charge on any atom is -0.379 e. The molecule has 6 nitrogen and oxygen atoms in total. The average Bonchev–Trinajstić information content (AvgIpc) is 2.87. The highest BCUT2D eigenvalue weighted by Crippen LogP contribution is 2.22. The van der Waals surface area contributed by atoms with Crippen molar-refractivity contribution in [3.8, 4) is 0 Å². The van der Waals surface area contributed by atoms with Gasteiger partial charge in [-0.3, -0.25) is 14.5 Å². The van der Waals surface area contributed by atoms with Crippen molar-refractivity contribution >= 4 is 23.4 Å². The summed E-state index contributed by atoms with van der Waals surface area (Å²) in [6.07, 6.45) is 2.28. The van der Waals surface area contributed by atoms with E-state index in [1.54, 1.807) is 24.3 Å². The van der Waals surface area contributed by atoms with Crippen molar-refractivity contribution in [1.82, 2.24) is 15.5 Å². The van der Waals surface area contributed by atoms with Gasteiger partial charge >= 0.3 is 0 Å². The minimum absolute atomic E-state index is 0.0856. The highest BCUT2D eigenvalue weighted by atomic mass is 35.5. The number of hydrogen-bond donors (Lipinski definition) is 2. The fourth-order valence-corrected chi connectivity index (χ4v) is 4.85. The van der Waals surface area contributed by atoms with Gasteiger partial charge in [0.1, 0.15) is 0 Å². The molecule has 0 saturated carbocycles. The van der Waals surface area contributed by atoms with E-state index in [1.807, 2.05) is 30.3 Å². The third kappa shape index (κ3) is 7.29. The number of hydrogen-bond acceptors (Lipinski definition) is 4. The number of halogens is 1. The Bertz CT molecular complexity index is 914. The SMILES string of the molecule is CCC(CC)C(CNC(=O)CC(NC(=O)c1ccccc1Cl)c1ccccc1)N1CCOCC1. The monoisotopic (exact) mass is 485 g/mol. The summed E-state index contributed by atoms with van der Waals surface area (Å²) >= 11 is 6.22. The van der Waals surface area contributed by atoms with Crippen LogP contribution < -0.4 is 10.6 Å². The van der Waals surface area contributed by atoms with E-state index < -0.39 is 6.04 Å². The number of carbonyl (C=O) groups is 2. The Kier molecular flexibility index (Phi) is 10.4. The lowest BCUT2D eigenvalue weighted by Crippen LogP contribution is -2.52. The Hall–Kier alpha value is -2.41. The Morgan fingerprint density at radius 1 is 1.00 bits per heavy atom. The average molecular weight is 486 g/mol. The number of amides is 2. The third-order valence-electron chi connectivity index (χ3n) is 6.63. The van der Waals surface area contributed by atoms with Gasteiger partial charge in [-0.1, -0.05) is 80.8 Å². The lowest BCUT2D eigenvalue weighted by molar-refractivity contribution is -0.122. The Balaban J connectivity index is 1.68. The first kappa shape index (κ1) is 26.2. The van der Waals surface area contributed by atoms with E-state index in [1.165, 1.54) is 0 Å². The summed E-state index contributed by atoms with van der Waals surface area (Å²) in [5.74, 6) is 0.122. The number of benzene rings is 2. The van der Waals surface area contributed by atoms with Crippen LogP contribution >= 0.6 is 11.6 Å². The second kappa shape index (κ2) is 13.5. The molecule has 184 valence electrons. The Labute approximate surface area is 208 Å². The summed E-state index contributed by atoms with van der Waals surface area (Å²) in [5, 5.41) is 6.55. The largest absolute Gasteiger partial charge is 0.379 e. The van der Waals surface area contributed by atoms with E-state index in [0.29, 0.717) is 23.0 Å². The zero-order valence-electron chi connectivity index (χ0n) is 20.1. The molecule has 0 aliphatic carbocycles. The number of morpholine rings is 1. The molecule has 2 N–H and O–H groups in total. The quantitative estimate of drug-likeness (QED) is 0.493. The summed E-state index contributed by atoms with van der Waals surface area (Å²) < 4.78 is 5.53. The van der Waals surface area contributed by atoms with Gasteiger partial charge in [-0.15, -0.1) is 0 Å². The summed E-state index contributed by atoms with van der Waals surface area (Å²) in [7, 11) is 0. The second-order valence-electron chi connectivity index (χ2n) is 8.72. The zero-order valence-corrected chi connectivity index (χ0v) is 20.9. The number of carbonyl (C=O) groups excluding carboxylic acids is 2. The molecule has 0 radical (unpaired) electrons. The van der Waals surface area contributed by atoms with E-state index in [0.717, 1.165) is 44.7 Å². The van der Waals surface area contributed by atoms with Crippen LogP contribution in [-0.2, 0) is 9.53 Å². The van der Waals surface area contributed by atoms with Gasteiger partial charge < -0.3 is 15.4 Å². The van der Waals surface area contributed by atoms with Crippen LogP contribution in [0.1, 0.15) is 55.1 Å². The van der Waals surface area contributed by atoms with Crippen molar-refractivity contribution in [3.05, 3.63) is 70.7 Å². The molecule has 1 fully saturated rings. The van der Waals surface area contributed by atoms with Crippen molar-refractivity contribution in [1.29, 1.82) is 0 Å². The first-order valence-electron chi connectivity index (χ1n) is 12.2. The predicted octanol–water partition coefficient (Wildman–Crippen LogP) is 4.45. The maximum Gasteiger partial charge on any atom is 0.253 e. The maximum atomic E-state index is 13.1. The lowest BCUT2D eigenvalue weighted by Gasteiger charge is -2.38. The van der Waals surface area contributed by atoms with Gasteiger partial charge in [-0.25, -0.2) is 0 Å². The molecule has 1 heterocycles. The van der Waals surface area contributed by atoms with E-state index in [9.17, 15) is 9.59 Å². The van der Waals surface area contributed by atoms with E-state index in [-0.39, 0.29) is 24.3 Å². The van der Waals surface area contributed by atoms with Crippen molar-refractivity contribution in [3.63, 3.8) is 0 Å². The van der Waals surface area contributed by atoms with Gasteiger partial charge in [-0.2, -0.15) is 0 Å². The Morgan fingerprint density at radius 3 is 2.29 bits per heavy atom. The van der Waals surface area contributed by atoms with Crippen molar-refractivity contribution in [2.45, 2.75) is 45.2 Å². The van der Waals surface area contributed by atoms with Crippen LogP contribution in [0.4, 0.5) is 0 Å². The van der Waals surface area contributed by atoms with Crippen LogP contribution in [0.15, 0.2) is 54.6 Å². The number of ether oxygens (including phenoxy) is 1. The van der Waals surface area contributed by atoms with Crippen molar-refractivity contribution in [2.24, 2.45) is 5.92 Å². The molecule has 0 bridgehead atoms. The molecule has 3 rings (SSSR count). The zero-order chi connectivity index (χ0) is 24.3. The van der Waals surface area contributed by atoms with Crippen LogP contribution in [0, 0.1) is 5.92 Å². The molecule has 1 saturated heterocycles. The molecule has 2 amide bonds. The number of rotatable bonds is 11. The normalized spacial score (nSPS) is 16.1. The Morgan fingerprint density at radius 2 is 1.65 bits per heavy atom. The molecule has 2 aromatic carbocycles. The standard InChI is InChI=1S/C27H36ClN3O3/c1-3-20(4-2)25(31-14-16-34-17-15-31)19-29-26(32)18-24(21-10-6-5-7-11-21)30-27(33)22-12-8-9-13-23(22)28/h5-13,20,24-25H,3-4,14-19H2,1-2H3,(H,29,32)(H,30,33). The summed E-state index contributed by atoms with van der Waals surface area (Å²) in [6, 6.07) is 16.3. The summed E-state index contributed by atoms with van der Waals surface area (Å²) in [4.78, 5) is 28.4. The third-order valence-corrected chi connectivity index (χ3v) is 6.96. The smallest absolute Gasteiger partial charge is 0.253 e. The summed E-state index contributed by atoms with van der Waals surface area (Å²) in [6.45, 7) is 8.24. The van der Waals surface area contributed by atoms with Crippen LogP contribution in [0.2, 0.25) is 5.02 Å². The molecule has 34 heavy (non-hydrogen) atoms. The maximum absolute atomic E-state index is 13.1. The van der Waals surface area contributed by atoms with Gasteiger partial charge in [-0.05, 0) is 23.6 Å². The molecule has 2 unspecified atom stereocenters. The van der Waals surface area contributed by atoms with Crippen LogP contribution in [-0.4, -0.2) is 55.6 Å². The van der Waals surface area contributed by atoms with Gasteiger partial charge in [0.2, 0.25) is 5.91 Å². The highest BCUT2D eigenvalue weighted by molar-refractivity contribution is 6.33. The van der Waals surface area contributed by atoms with Gasteiger partial charge in [0.25, 0.3) is 5.91 Å². The molecule has 2 atom stereocenters. The van der Waals surface area contributed by atoms with Crippen molar-refractivity contribution < 1.29 is 14.3 Å². The fourth-order valence-electron chi connectivity index (χ4n) is 4.63. The molecule has 7 heteroatoms. The first-order valence-corrected chi connectivity index (χ1v) is 12.6. The van der Waals surface area contributed by atoms with E-state index >= 15 is 0 Å². The summed E-state index contributed by atoms with van der Waals surface area (Å²) in [5.41, 5.74) is 1.27. The molecule has 1 aliphatic heterocycles. The van der Waals surface area contributed by atoms with E-state index in [4.69, 9.17) is 16.3 Å². The molecule has 2 aromatic rings. The van der Waals surface area contributed by atoms with E-state index in [2.05, 4.69) is 29.4 Å². The molecular weight excluding hydrogens is 450 g/mol. The fraction of sp³-hybridized carbons (Fsp3) is 0.481. The second-order valence-corrected chi connectivity index (χ2v) is 9.12. The molecule has 0 spiro atoms.